The Morgan fingerprint density at radius 2 is 2.25 bits per heavy atom. The zero-order chi connectivity index (χ0) is 8.97. The van der Waals surface area contributed by atoms with Gasteiger partial charge in [-0.15, -0.1) is 0 Å². The number of benzene rings is 1. The van der Waals surface area contributed by atoms with E-state index < -0.39 is 0 Å². The van der Waals surface area contributed by atoms with Crippen molar-refractivity contribution in [3.05, 3.63) is 39.3 Å². The van der Waals surface area contributed by atoms with Gasteiger partial charge in [0.05, 0.1) is 6.61 Å². The fourth-order valence-corrected chi connectivity index (χ4v) is 1.55. The second kappa shape index (κ2) is 4.65. The largest absolute Gasteiger partial charge is 0.392 e. The predicted molar refractivity (Wildman–Crippen MR) is 55.3 cm³/mol. The smallest absolute Gasteiger partial charge is 0.0615 e. The summed E-state index contributed by atoms with van der Waals surface area (Å²) in [6.45, 7) is 0.0341. The molecule has 1 N–H and O–H groups in total. The molecular weight excluding hydrogens is 239 g/mol. The van der Waals surface area contributed by atoms with Crippen molar-refractivity contribution in [1.29, 1.82) is 0 Å². The van der Waals surface area contributed by atoms with Crippen molar-refractivity contribution < 1.29 is 5.11 Å². The molecule has 0 heterocycles. The summed E-state index contributed by atoms with van der Waals surface area (Å²) >= 11 is 9.21. The average Bonchev–Trinajstić information content (AvgIpc) is 2.03. The van der Waals surface area contributed by atoms with E-state index in [1.807, 2.05) is 18.2 Å². The number of rotatable bonds is 2. The molecule has 0 spiro atoms. The summed E-state index contributed by atoms with van der Waals surface area (Å²) in [7, 11) is 0. The molecule has 0 aliphatic carbocycles. The summed E-state index contributed by atoms with van der Waals surface area (Å²) in [4.78, 5) is 0. The number of hydrogen-bond donors (Lipinski definition) is 1. The summed E-state index contributed by atoms with van der Waals surface area (Å²) < 4.78 is 0.952. The van der Waals surface area contributed by atoms with Gasteiger partial charge in [-0.25, -0.2) is 0 Å². The lowest BCUT2D eigenvalue weighted by Gasteiger charge is -1.97. The molecule has 0 saturated heterocycles. The first-order valence-corrected chi connectivity index (χ1v) is 4.63. The number of aliphatic hydroxyl groups excluding tert-OH is 1. The topological polar surface area (TPSA) is 20.2 Å². The lowest BCUT2D eigenvalue weighted by molar-refractivity contribution is 0.343. The Labute approximate surface area is 84.8 Å². The number of halogens is 2. The van der Waals surface area contributed by atoms with Gasteiger partial charge < -0.3 is 5.11 Å². The van der Waals surface area contributed by atoms with Crippen LogP contribution < -0.4 is 0 Å². The highest BCUT2D eigenvalue weighted by atomic mass is 79.9. The van der Waals surface area contributed by atoms with Crippen molar-refractivity contribution in [2.75, 3.05) is 6.61 Å². The van der Waals surface area contributed by atoms with E-state index >= 15 is 0 Å². The second-order valence-electron chi connectivity index (χ2n) is 2.25. The normalized spacial score (nSPS) is 10.9. The Hall–Kier alpha value is -0.310. The summed E-state index contributed by atoms with van der Waals surface area (Å²) in [5, 5.41) is 9.21. The molecule has 1 nitrogen and oxygen atoms in total. The van der Waals surface area contributed by atoms with Crippen LogP contribution in [0.5, 0.6) is 0 Å². The van der Waals surface area contributed by atoms with Crippen molar-refractivity contribution in [2.24, 2.45) is 0 Å². The molecule has 0 aliphatic rings. The minimum atomic E-state index is 0.0341. The molecular formula is C9H8BrClO. The molecule has 64 valence electrons. The predicted octanol–water partition coefficient (Wildman–Crippen LogP) is 3.11. The summed E-state index contributed by atoms with van der Waals surface area (Å²) in [5.74, 6) is 0. The van der Waals surface area contributed by atoms with Gasteiger partial charge in [0.1, 0.15) is 0 Å². The first-order valence-electron chi connectivity index (χ1n) is 3.46. The fourth-order valence-electron chi connectivity index (χ4n) is 0.816. The Kier molecular flexibility index (Phi) is 3.79. The maximum absolute atomic E-state index is 8.53. The van der Waals surface area contributed by atoms with E-state index in [-0.39, 0.29) is 6.61 Å². The van der Waals surface area contributed by atoms with Gasteiger partial charge in [-0.05, 0) is 17.7 Å². The molecule has 1 rings (SSSR count). The highest BCUT2D eigenvalue weighted by molar-refractivity contribution is 9.10. The van der Waals surface area contributed by atoms with E-state index in [1.54, 1.807) is 12.2 Å². The van der Waals surface area contributed by atoms with Gasteiger partial charge in [0.15, 0.2) is 0 Å². The van der Waals surface area contributed by atoms with Crippen molar-refractivity contribution in [1.82, 2.24) is 0 Å². The van der Waals surface area contributed by atoms with Crippen LogP contribution in [0.3, 0.4) is 0 Å². The van der Waals surface area contributed by atoms with Crippen LogP contribution in [0.15, 0.2) is 28.7 Å². The molecule has 0 radical (unpaired) electrons. The van der Waals surface area contributed by atoms with Crippen LogP contribution in [-0.2, 0) is 0 Å². The Morgan fingerprint density at radius 3 is 2.83 bits per heavy atom. The lowest BCUT2D eigenvalue weighted by Crippen LogP contribution is -1.76. The van der Waals surface area contributed by atoms with Gasteiger partial charge in [0.2, 0.25) is 0 Å². The van der Waals surface area contributed by atoms with Gasteiger partial charge in [0, 0.05) is 9.50 Å². The third kappa shape index (κ3) is 2.63. The van der Waals surface area contributed by atoms with Crippen molar-refractivity contribution >= 4 is 33.6 Å². The second-order valence-corrected chi connectivity index (χ2v) is 3.57. The van der Waals surface area contributed by atoms with Gasteiger partial charge >= 0.3 is 0 Å². The first kappa shape index (κ1) is 9.78. The monoisotopic (exact) mass is 246 g/mol. The minimum Gasteiger partial charge on any atom is -0.392 e. The van der Waals surface area contributed by atoms with Gasteiger partial charge in [-0.1, -0.05) is 45.7 Å². The standard InChI is InChI=1S/C9H8BrClO/c10-8-4-3-7(2-1-5-12)9(11)6-8/h1-4,6,12H,5H2/b2-1+. The third-order valence-corrected chi connectivity index (χ3v) is 2.19. The molecule has 0 atom stereocenters. The van der Waals surface area contributed by atoms with E-state index in [2.05, 4.69) is 15.9 Å². The highest BCUT2D eigenvalue weighted by Gasteiger charge is 1.95. The van der Waals surface area contributed by atoms with Crippen LogP contribution in [0.1, 0.15) is 5.56 Å². The fraction of sp³-hybridized carbons (Fsp3) is 0.111. The summed E-state index contributed by atoms with van der Waals surface area (Å²) in [6.07, 6.45) is 3.43. The van der Waals surface area contributed by atoms with Gasteiger partial charge in [-0.3, -0.25) is 0 Å². The van der Waals surface area contributed by atoms with Gasteiger partial charge in [0.25, 0.3) is 0 Å². The van der Waals surface area contributed by atoms with E-state index in [4.69, 9.17) is 16.7 Å². The third-order valence-electron chi connectivity index (χ3n) is 1.37. The Morgan fingerprint density at radius 1 is 1.50 bits per heavy atom. The molecule has 0 saturated carbocycles. The van der Waals surface area contributed by atoms with Crippen molar-refractivity contribution in [3.8, 4) is 0 Å². The minimum absolute atomic E-state index is 0.0341. The maximum Gasteiger partial charge on any atom is 0.0615 e. The summed E-state index contributed by atoms with van der Waals surface area (Å²) in [5.41, 5.74) is 0.911. The highest BCUT2D eigenvalue weighted by Crippen LogP contribution is 2.22. The SMILES string of the molecule is OC/C=C/c1ccc(Br)cc1Cl. The quantitative estimate of drug-likeness (QED) is 0.851. The molecule has 0 aliphatic heterocycles. The molecule has 3 heteroatoms. The van der Waals surface area contributed by atoms with Gasteiger partial charge in [-0.2, -0.15) is 0 Å². The van der Waals surface area contributed by atoms with E-state index in [0.29, 0.717) is 5.02 Å². The molecule has 12 heavy (non-hydrogen) atoms. The molecule has 0 bridgehead atoms. The van der Waals surface area contributed by atoms with Crippen LogP contribution in [0.25, 0.3) is 6.08 Å². The maximum atomic E-state index is 8.53. The zero-order valence-electron chi connectivity index (χ0n) is 6.30. The average molecular weight is 248 g/mol. The Balaban J connectivity index is 2.94. The molecule has 0 aromatic heterocycles. The van der Waals surface area contributed by atoms with Crippen molar-refractivity contribution in [3.63, 3.8) is 0 Å². The molecule has 0 amide bonds. The summed E-state index contributed by atoms with van der Waals surface area (Å²) in [6, 6.07) is 5.61. The van der Waals surface area contributed by atoms with Crippen LogP contribution >= 0.6 is 27.5 Å². The van der Waals surface area contributed by atoms with Crippen LogP contribution in [0, 0.1) is 0 Å². The van der Waals surface area contributed by atoms with E-state index in [9.17, 15) is 0 Å². The van der Waals surface area contributed by atoms with Crippen molar-refractivity contribution in [2.45, 2.75) is 0 Å². The first-order chi connectivity index (χ1) is 5.74. The van der Waals surface area contributed by atoms with E-state index in [1.165, 1.54) is 0 Å². The van der Waals surface area contributed by atoms with Crippen LogP contribution in [0.4, 0.5) is 0 Å². The van der Waals surface area contributed by atoms with Crippen LogP contribution in [-0.4, -0.2) is 11.7 Å². The molecule has 1 aromatic carbocycles. The molecule has 0 unspecified atom stereocenters. The van der Waals surface area contributed by atoms with E-state index in [0.717, 1.165) is 10.0 Å². The number of hydrogen-bond acceptors (Lipinski definition) is 1. The molecule has 1 aromatic rings. The molecule has 0 fully saturated rings. The number of aliphatic hydroxyl groups is 1. The zero-order valence-corrected chi connectivity index (χ0v) is 8.64. The Bertz CT molecular complexity index is 297. The lowest BCUT2D eigenvalue weighted by atomic mass is 10.2. The van der Waals surface area contributed by atoms with Crippen LogP contribution in [0.2, 0.25) is 5.02 Å².